The number of nitrogens with zero attached hydrogens (tertiary/aromatic N) is 4. The van der Waals surface area contributed by atoms with Crippen LogP contribution in [0.3, 0.4) is 0 Å². The third kappa shape index (κ3) is 4.54. The summed E-state index contributed by atoms with van der Waals surface area (Å²) in [6, 6.07) is 1.51. The molecular weight excluding hydrogens is 300 g/mol. The number of hydrogen-bond acceptors (Lipinski definition) is 7. The molecule has 0 radical (unpaired) electrons. The number of piperazine rings is 1. The number of carbonyl (C=O) groups is 2. The fourth-order valence-corrected chi connectivity index (χ4v) is 2.13. The Morgan fingerprint density at radius 1 is 1.17 bits per heavy atom. The summed E-state index contributed by atoms with van der Waals surface area (Å²) in [5.74, 6) is -0.0437. The van der Waals surface area contributed by atoms with Crippen molar-refractivity contribution < 1.29 is 19.1 Å². The molecule has 0 atom stereocenters. The van der Waals surface area contributed by atoms with Crippen LogP contribution >= 0.6 is 0 Å². The summed E-state index contributed by atoms with van der Waals surface area (Å²) in [6.45, 7) is 7.70. The number of aromatic nitrogens is 2. The summed E-state index contributed by atoms with van der Waals surface area (Å²) >= 11 is 0. The Kier molecular flexibility index (Phi) is 5.02. The molecule has 1 saturated heterocycles. The van der Waals surface area contributed by atoms with Gasteiger partial charge in [-0.05, 0) is 26.8 Å². The summed E-state index contributed by atoms with van der Waals surface area (Å²) in [5.41, 5.74) is -0.293. The molecule has 1 amide bonds. The first kappa shape index (κ1) is 17.0. The average Bonchev–Trinajstić information content (AvgIpc) is 2.53. The van der Waals surface area contributed by atoms with Gasteiger partial charge in [0.25, 0.3) is 0 Å². The topological polar surface area (TPSA) is 84.9 Å². The quantitative estimate of drug-likeness (QED) is 0.759. The molecule has 8 heteroatoms. The molecule has 8 nitrogen and oxygen atoms in total. The highest BCUT2D eigenvalue weighted by atomic mass is 16.6. The van der Waals surface area contributed by atoms with E-state index >= 15 is 0 Å². The van der Waals surface area contributed by atoms with Crippen molar-refractivity contribution in [3.05, 3.63) is 18.0 Å². The number of hydrogen-bond donors (Lipinski definition) is 0. The van der Waals surface area contributed by atoms with Gasteiger partial charge in [-0.3, -0.25) is 0 Å². The molecule has 126 valence electrons. The van der Waals surface area contributed by atoms with Crippen molar-refractivity contribution in [2.75, 3.05) is 38.2 Å². The van der Waals surface area contributed by atoms with Crippen LogP contribution in [0.15, 0.2) is 12.3 Å². The van der Waals surface area contributed by atoms with E-state index < -0.39 is 11.6 Å². The minimum atomic E-state index is -0.508. The number of carbonyl (C=O) groups excluding carboxylic acids is 2. The van der Waals surface area contributed by atoms with Crippen molar-refractivity contribution >= 4 is 18.0 Å². The highest BCUT2D eigenvalue weighted by Gasteiger charge is 2.27. The monoisotopic (exact) mass is 322 g/mol. The first-order valence-electron chi connectivity index (χ1n) is 7.44. The Labute approximate surface area is 135 Å². The van der Waals surface area contributed by atoms with Crippen molar-refractivity contribution in [3.63, 3.8) is 0 Å². The Hall–Kier alpha value is -2.38. The van der Waals surface area contributed by atoms with E-state index in [1.54, 1.807) is 4.90 Å². The molecular formula is C15H22N4O4. The van der Waals surface area contributed by atoms with E-state index in [0.717, 1.165) is 0 Å². The van der Waals surface area contributed by atoms with Crippen LogP contribution in [0.2, 0.25) is 0 Å². The second-order valence-corrected chi connectivity index (χ2v) is 6.19. The number of ether oxygens (including phenoxy) is 2. The molecule has 0 aliphatic carbocycles. The second-order valence-electron chi connectivity index (χ2n) is 6.19. The van der Waals surface area contributed by atoms with Crippen LogP contribution in [0.25, 0.3) is 0 Å². The third-order valence-corrected chi connectivity index (χ3v) is 3.25. The fourth-order valence-electron chi connectivity index (χ4n) is 2.13. The predicted molar refractivity (Wildman–Crippen MR) is 83.4 cm³/mol. The van der Waals surface area contributed by atoms with Gasteiger partial charge in [-0.2, -0.15) is 0 Å². The Balaban J connectivity index is 1.97. The van der Waals surface area contributed by atoms with Crippen LogP contribution in [-0.4, -0.2) is 65.8 Å². The maximum absolute atomic E-state index is 12.0. The molecule has 2 rings (SSSR count). The molecule has 1 aromatic rings. The van der Waals surface area contributed by atoms with E-state index in [9.17, 15) is 9.59 Å². The van der Waals surface area contributed by atoms with Gasteiger partial charge in [-0.25, -0.2) is 19.6 Å². The standard InChI is InChI=1S/C15H22N4O4/c1-15(2,3)23-14(21)19-9-7-18(8-10-19)13-16-6-5-11(17-13)12(20)22-4/h5-6H,7-10H2,1-4H3. The molecule has 1 aromatic heterocycles. The zero-order valence-electron chi connectivity index (χ0n) is 13.9. The van der Waals surface area contributed by atoms with Crippen LogP contribution in [0.5, 0.6) is 0 Å². The Bertz CT molecular complexity index is 577. The van der Waals surface area contributed by atoms with Crippen LogP contribution in [-0.2, 0) is 9.47 Å². The van der Waals surface area contributed by atoms with Crippen LogP contribution in [0.1, 0.15) is 31.3 Å². The van der Waals surface area contributed by atoms with Crippen molar-refractivity contribution in [2.24, 2.45) is 0 Å². The SMILES string of the molecule is COC(=O)c1ccnc(N2CCN(C(=O)OC(C)(C)C)CC2)n1. The Morgan fingerprint density at radius 3 is 2.39 bits per heavy atom. The summed E-state index contributed by atoms with van der Waals surface area (Å²) in [7, 11) is 1.31. The van der Waals surface area contributed by atoms with E-state index in [2.05, 4.69) is 14.7 Å². The smallest absolute Gasteiger partial charge is 0.410 e. The summed E-state index contributed by atoms with van der Waals surface area (Å²) in [5, 5.41) is 0. The van der Waals surface area contributed by atoms with Gasteiger partial charge in [0.15, 0.2) is 5.69 Å². The first-order valence-corrected chi connectivity index (χ1v) is 7.44. The number of esters is 1. The van der Waals surface area contributed by atoms with Crippen molar-refractivity contribution in [1.82, 2.24) is 14.9 Å². The zero-order valence-corrected chi connectivity index (χ0v) is 13.9. The summed E-state index contributed by atoms with van der Waals surface area (Å²) < 4.78 is 10.0. The largest absolute Gasteiger partial charge is 0.464 e. The number of anilines is 1. The van der Waals surface area contributed by atoms with Gasteiger partial charge in [-0.15, -0.1) is 0 Å². The van der Waals surface area contributed by atoms with E-state index in [-0.39, 0.29) is 11.8 Å². The molecule has 23 heavy (non-hydrogen) atoms. The lowest BCUT2D eigenvalue weighted by atomic mass is 10.2. The lowest BCUT2D eigenvalue weighted by molar-refractivity contribution is 0.0240. The average molecular weight is 322 g/mol. The number of methoxy groups -OCH3 is 1. The molecule has 1 aliphatic rings. The van der Waals surface area contributed by atoms with E-state index in [4.69, 9.17) is 4.74 Å². The van der Waals surface area contributed by atoms with Gasteiger partial charge >= 0.3 is 12.1 Å². The van der Waals surface area contributed by atoms with Gasteiger partial charge in [-0.1, -0.05) is 0 Å². The molecule has 2 heterocycles. The molecule has 0 N–H and O–H groups in total. The van der Waals surface area contributed by atoms with Crippen molar-refractivity contribution in [2.45, 2.75) is 26.4 Å². The van der Waals surface area contributed by atoms with E-state index in [0.29, 0.717) is 32.1 Å². The molecule has 0 saturated carbocycles. The van der Waals surface area contributed by atoms with Gasteiger partial charge in [0.05, 0.1) is 7.11 Å². The van der Waals surface area contributed by atoms with Crippen LogP contribution < -0.4 is 4.90 Å². The zero-order chi connectivity index (χ0) is 17.0. The normalized spacial score (nSPS) is 15.3. The van der Waals surface area contributed by atoms with Crippen molar-refractivity contribution in [3.8, 4) is 0 Å². The fraction of sp³-hybridized carbons (Fsp3) is 0.600. The highest BCUT2D eigenvalue weighted by Crippen LogP contribution is 2.15. The number of rotatable bonds is 2. The lowest BCUT2D eigenvalue weighted by Crippen LogP contribution is -2.50. The van der Waals surface area contributed by atoms with Crippen molar-refractivity contribution in [1.29, 1.82) is 0 Å². The molecule has 0 bridgehead atoms. The second kappa shape index (κ2) is 6.80. The van der Waals surface area contributed by atoms with E-state index in [1.165, 1.54) is 19.4 Å². The Morgan fingerprint density at radius 2 is 1.83 bits per heavy atom. The summed E-state index contributed by atoms with van der Waals surface area (Å²) in [6.07, 6.45) is 1.20. The molecule has 1 aliphatic heterocycles. The molecule has 0 spiro atoms. The number of amides is 1. The maximum atomic E-state index is 12.0. The van der Waals surface area contributed by atoms with Crippen LogP contribution in [0, 0.1) is 0 Å². The molecule has 1 fully saturated rings. The third-order valence-electron chi connectivity index (χ3n) is 3.25. The van der Waals surface area contributed by atoms with Gasteiger partial charge in [0, 0.05) is 32.4 Å². The van der Waals surface area contributed by atoms with Crippen LogP contribution in [0.4, 0.5) is 10.7 Å². The minimum Gasteiger partial charge on any atom is -0.464 e. The summed E-state index contributed by atoms with van der Waals surface area (Å²) in [4.78, 5) is 35.5. The maximum Gasteiger partial charge on any atom is 0.410 e. The first-order chi connectivity index (χ1) is 10.8. The van der Waals surface area contributed by atoms with Gasteiger partial charge in [0.2, 0.25) is 5.95 Å². The predicted octanol–water partition coefficient (Wildman–Crippen LogP) is 1.32. The van der Waals surface area contributed by atoms with E-state index in [1.807, 2.05) is 25.7 Å². The molecule has 0 unspecified atom stereocenters. The minimum absolute atomic E-state index is 0.215. The van der Waals surface area contributed by atoms with Gasteiger partial charge in [0.1, 0.15) is 5.60 Å². The highest BCUT2D eigenvalue weighted by molar-refractivity contribution is 5.87. The lowest BCUT2D eigenvalue weighted by Gasteiger charge is -2.35. The van der Waals surface area contributed by atoms with Gasteiger partial charge < -0.3 is 19.3 Å². The molecule has 0 aromatic carbocycles.